The fourth-order valence-corrected chi connectivity index (χ4v) is 0.273. The quantitative estimate of drug-likeness (QED) is 0.180. The van der Waals surface area contributed by atoms with Crippen LogP contribution in [-0.4, -0.2) is 60.8 Å². The number of hydrogen-bond acceptors (Lipinski definition) is 2. The minimum Gasteiger partial charge on any atom is -0.375 e. The molecule has 47 valence electrons. The Bertz CT molecular complexity index is 102. The van der Waals surface area contributed by atoms with Gasteiger partial charge in [0.25, 0.3) is 0 Å². The molecular weight excluding hydrogens is 201 g/mol. The largest absolute Gasteiger partial charge is 0.375 e. The third-order valence-corrected chi connectivity index (χ3v) is 0.609. The fraction of sp³-hybridized carbons (Fsp3) is 0. The van der Waals surface area contributed by atoms with Crippen LogP contribution in [0.1, 0.15) is 0 Å². The van der Waals surface area contributed by atoms with Gasteiger partial charge in [-0.2, -0.15) is 0 Å². The molecule has 0 bridgehead atoms. The van der Waals surface area contributed by atoms with Crippen molar-refractivity contribution in [2.75, 3.05) is 0 Å². The van der Waals surface area contributed by atoms with E-state index in [0.29, 0.717) is 4.32 Å². The van der Waals surface area contributed by atoms with Crippen molar-refractivity contribution in [3.05, 3.63) is 0 Å². The molecular formula is C2H5KN3S3. The number of nitrogens with one attached hydrogen (secondary N) is 2. The van der Waals surface area contributed by atoms with Crippen LogP contribution in [0.5, 0.6) is 0 Å². The first-order chi connectivity index (χ1) is 3.63. The number of thiol groups is 1. The first kappa shape index (κ1) is 13.2. The molecule has 7 heteroatoms. The molecule has 0 unspecified atom stereocenters. The smallest absolute Gasteiger partial charge is 0.182 e. The molecule has 4 N–H and O–H groups in total. The predicted molar refractivity (Wildman–Crippen MR) is 50.4 cm³/mol. The van der Waals surface area contributed by atoms with Crippen molar-refractivity contribution in [2.24, 2.45) is 5.73 Å². The molecule has 0 spiro atoms. The summed E-state index contributed by atoms with van der Waals surface area (Å²) in [4.78, 5) is 0. The summed E-state index contributed by atoms with van der Waals surface area (Å²) in [5.74, 6) is 0. The predicted octanol–water partition coefficient (Wildman–Crippen LogP) is -0.842. The first-order valence-corrected chi connectivity index (χ1v) is 2.93. The van der Waals surface area contributed by atoms with Crippen molar-refractivity contribution in [3.63, 3.8) is 0 Å². The van der Waals surface area contributed by atoms with Crippen molar-refractivity contribution >= 4 is 97.9 Å². The molecule has 0 aromatic rings. The van der Waals surface area contributed by atoms with Gasteiger partial charge in [-0.15, -0.1) is 12.6 Å². The molecule has 0 amide bonds. The molecule has 0 rings (SSSR count). The molecule has 1 radical (unpaired) electrons. The summed E-state index contributed by atoms with van der Waals surface area (Å²) in [6.45, 7) is 0. The Morgan fingerprint density at radius 3 is 1.89 bits per heavy atom. The summed E-state index contributed by atoms with van der Waals surface area (Å²) in [5.41, 5.74) is 9.82. The van der Waals surface area contributed by atoms with E-state index in [4.69, 9.17) is 5.73 Å². The summed E-state index contributed by atoms with van der Waals surface area (Å²) in [5, 5.41) is 0.140. The van der Waals surface area contributed by atoms with Crippen LogP contribution in [0, 0.1) is 0 Å². The summed E-state index contributed by atoms with van der Waals surface area (Å²) in [7, 11) is 0. The molecule has 0 saturated carbocycles. The summed E-state index contributed by atoms with van der Waals surface area (Å²) < 4.78 is 0.304. The molecule has 0 aromatic heterocycles. The standard InChI is InChI=1S/C2H5N3S3.K/c3-1(6)4-5-2(7)8;/h(H3,3,4,6)(H2,5,7,8);. The molecule has 0 aliphatic heterocycles. The zero-order valence-electron chi connectivity index (χ0n) is 4.84. The van der Waals surface area contributed by atoms with Gasteiger partial charge >= 0.3 is 0 Å². The van der Waals surface area contributed by atoms with E-state index in [0.717, 1.165) is 0 Å². The van der Waals surface area contributed by atoms with E-state index in [1.807, 2.05) is 0 Å². The van der Waals surface area contributed by atoms with Gasteiger partial charge in [-0.05, 0) is 12.2 Å². The number of thiocarbonyl (C=S) groups is 2. The van der Waals surface area contributed by atoms with Gasteiger partial charge in [0.05, 0.1) is 0 Å². The molecule has 0 aromatic carbocycles. The van der Waals surface area contributed by atoms with Gasteiger partial charge in [-0.25, -0.2) is 0 Å². The van der Waals surface area contributed by atoms with Crippen LogP contribution >= 0.6 is 37.1 Å². The molecule has 3 nitrogen and oxygen atoms in total. The third kappa shape index (κ3) is 12.7. The average molecular weight is 206 g/mol. The molecule has 0 heterocycles. The van der Waals surface area contributed by atoms with Gasteiger partial charge in [-0.3, -0.25) is 10.9 Å². The molecule has 9 heavy (non-hydrogen) atoms. The van der Waals surface area contributed by atoms with Gasteiger partial charge in [0, 0.05) is 51.4 Å². The van der Waals surface area contributed by atoms with Crippen LogP contribution in [0.25, 0.3) is 0 Å². The van der Waals surface area contributed by atoms with E-state index in [-0.39, 0.29) is 56.5 Å². The summed E-state index contributed by atoms with van der Waals surface area (Å²) in [6.07, 6.45) is 0. The van der Waals surface area contributed by atoms with E-state index in [9.17, 15) is 0 Å². The maximum absolute atomic E-state index is 5.00. The van der Waals surface area contributed by atoms with Crippen LogP contribution in [-0.2, 0) is 0 Å². The number of hydrogen-bond donors (Lipinski definition) is 4. The van der Waals surface area contributed by atoms with Gasteiger partial charge in [0.1, 0.15) is 4.32 Å². The van der Waals surface area contributed by atoms with Crippen LogP contribution < -0.4 is 16.6 Å². The Labute approximate surface area is 112 Å². The van der Waals surface area contributed by atoms with Crippen molar-refractivity contribution in [1.29, 1.82) is 0 Å². The van der Waals surface area contributed by atoms with Crippen molar-refractivity contribution in [2.45, 2.75) is 0 Å². The Morgan fingerprint density at radius 2 is 1.78 bits per heavy atom. The van der Waals surface area contributed by atoms with Crippen molar-refractivity contribution in [1.82, 2.24) is 10.9 Å². The average Bonchev–Trinajstić information content (AvgIpc) is 1.61. The van der Waals surface area contributed by atoms with E-state index >= 15 is 0 Å². The number of rotatable bonds is 0. The van der Waals surface area contributed by atoms with Gasteiger partial charge in [0.15, 0.2) is 5.11 Å². The van der Waals surface area contributed by atoms with E-state index < -0.39 is 0 Å². The Hall–Kier alpha value is 1.57. The van der Waals surface area contributed by atoms with E-state index in [2.05, 4.69) is 47.9 Å². The van der Waals surface area contributed by atoms with Crippen LogP contribution in [0.15, 0.2) is 0 Å². The molecule has 0 fully saturated rings. The Morgan fingerprint density at radius 1 is 1.33 bits per heavy atom. The number of nitrogens with two attached hydrogens (primary N) is 1. The fourth-order valence-electron chi connectivity index (χ4n) is 0.115. The van der Waals surface area contributed by atoms with Gasteiger partial charge in [-0.1, -0.05) is 12.2 Å². The van der Waals surface area contributed by atoms with Crippen LogP contribution in [0.3, 0.4) is 0 Å². The Kier molecular flexibility index (Phi) is 11.2. The Balaban J connectivity index is 0. The second kappa shape index (κ2) is 7.67. The van der Waals surface area contributed by atoms with Crippen molar-refractivity contribution in [3.8, 4) is 0 Å². The molecule has 0 aliphatic rings. The van der Waals surface area contributed by atoms with Gasteiger partial charge < -0.3 is 5.73 Å². The normalized spacial score (nSPS) is 6.78. The van der Waals surface area contributed by atoms with E-state index in [1.54, 1.807) is 0 Å². The topological polar surface area (TPSA) is 50.1 Å². The zero-order chi connectivity index (χ0) is 6.57. The molecule has 0 atom stereocenters. The number of hydrazine groups is 1. The monoisotopic (exact) mass is 206 g/mol. The van der Waals surface area contributed by atoms with Crippen LogP contribution in [0.4, 0.5) is 0 Å². The maximum Gasteiger partial charge on any atom is 0.182 e. The minimum absolute atomic E-state index is 0. The van der Waals surface area contributed by atoms with Crippen LogP contribution in [0.2, 0.25) is 0 Å². The van der Waals surface area contributed by atoms with Gasteiger partial charge in [0.2, 0.25) is 0 Å². The van der Waals surface area contributed by atoms with E-state index in [1.165, 1.54) is 0 Å². The zero-order valence-corrected chi connectivity index (χ0v) is 10.5. The minimum atomic E-state index is 0. The second-order valence-electron chi connectivity index (χ2n) is 0.919. The third-order valence-electron chi connectivity index (χ3n) is 0.293. The van der Waals surface area contributed by atoms with Crippen molar-refractivity contribution < 1.29 is 0 Å². The summed E-state index contributed by atoms with van der Waals surface area (Å²) in [6, 6.07) is 0. The first-order valence-electron chi connectivity index (χ1n) is 1.67. The maximum atomic E-state index is 5.00. The molecule has 0 aliphatic carbocycles. The summed E-state index contributed by atoms with van der Waals surface area (Å²) >= 11 is 12.6. The SMILES string of the molecule is NC(=S)NNC(=S)S.[K]. The second-order valence-corrected chi connectivity index (χ2v) is 2.52. The molecule has 0 saturated heterocycles.